The van der Waals surface area contributed by atoms with Crippen LogP contribution in [0.3, 0.4) is 0 Å². The minimum absolute atomic E-state index is 0.143. The normalized spacial score (nSPS) is 10.3. The summed E-state index contributed by atoms with van der Waals surface area (Å²) in [5.41, 5.74) is 0.629. The van der Waals surface area contributed by atoms with Gasteiger partial charge in [-0.2, -0.15) is 0 Å². The van der Waals surface area contributed by atoms with Crippen molar-refractivity contribution in [1.82, 2.24) is 5.32 Å². The number of furan rings is 1. The number of benzene rings is 2. The third-order valence-corrected chi connectivity index (χ3v) is 3.90. The van der Waals surface area contributed by atoms with Gasteiger partial charge in [0.05, 0.1) is 11.3 Å². The minimum Gasteiger partial charge on any atom is -0.459 e. The zero-order valence-corrected chi connectivity index (χ0v) is 15.0. The first-order chi connectivity index (χ1) is 13.1. The maximum Gasteiger partial charge on any atom is 0.286 e. The van der Waals surface area contributed by atoms with Gasteiger partial charge in [-0.25, -0.2) is 0 Å². The summed E-state index contributed by atoms with van der Waals surface area (Å²) in [5, 5.41) is 5.89. The molecule has 2 aromatic carbocycles. The van der Waals surface area contributed by atoms with Gasteiger partial charge in [-0.15, -0.1) is 0 Å². The molecule has 0 aliphatic rings. The lowest BCUT2D eigenvalue weighted by molar-refractivity contribution is -0.116. The molecule has 0 fully saturated rings. The van der Waals surface area contributed by atoms with Gasteiger partial charge in [-0.1, -0.05) is 23.7 Å². The lowest BCUT2D eigenvalue weighted by atomic mass is 10.3. The van der Waals surface area contributed by atoms with E-state index in [1.807, 2.05) is 12.1 Å². The molecule has 0 saturated carbocycles. The van der Waals surface area contributed by atoms with Crippen LogP contribution in [-0.4, -0.2) is 18.4 Å². The highest BCUT2D eigenvalue weighted by molar-refractivity contribution is 6.32. The van der Waals surface area contributed by atoms with Gasteiger partial charge in [0.15, 0.2) is 5.76 Å². The number of rotatable bonds is 7. The first kappa shape index (κ1) is 18.5. The molecule has 0 atom stereocenters. The number of hydrogen-bond acceptors (Lipinski definition) is 4. The van der Waals surface area contributed by atoms with Crippen LogP contribution in [0.5, 0.6) is 11.5 Å². The fourth-order valence-corrected chi connectivity index (χ4v) is 2.44. The van der Waals surface area contributed by atoms with Gasteiger partial charge in [-0.3, -0.25) is 9.59 Å². The molecule has 0 spiro atoms. The van der Waals surface area contributed by atoms with Crippen LogP contribution in [0.15, 0.2) is 71.3 Å². The Morgan fingerprint density at radius 3 is 2.48 bits per heavy atom. The van der Waals surface area contributed by atoms with Crippen molar-refractivity contribution >= 4 is 29.1 Å². The Labute approximate surface area is 161 Å². The van der Waals surface area contributed by atoms with Crippen LogP contribution in [0.25, 0.3) is 0 Å². The molecule has 7 heteroatoms. The van der Waals surface area contributed by atoms with E-state index in [0.717, 1.165) is 0 Å². The molecule has 2 N–H and O–H groups in total. The smallest absolute Gasteiger partial charge is 0.286 e. The zero-order chi connectivity index (χ0) is 19.1. The van der Waals surface area contributed by atoms with Crippen LogP contribution in [-0.2, 0) is 4.79 Å². The van der Waals surface area contributed by atoms with Crippen LogP contribution in [0, 0.1) is 0 Å². The molecular formula is C20H17ClN2O4. The lowest BCUT2D eigenvalue weighted by Gasteiger charge is -2.09. The van der Waals surface area contributed by atoms with E-state index in [2.05, 4.69) is 10.6 Å². The van der Waals surface area contributed by atoms with Crippen molar-refractivity contribution in [2.45, 2.75) is 6.42 Å². The average Bonchev–Trinajstić information content (AvgIpc) is 3.20. The molecule has 2 amide bonds. The molecule has 6 nitrogen and oxygen atoms in total. The summed E-state index contributed by atoms with van der Waals surface area (Å²) in [4.78, 5) is 23.7. The van der Waals surface area contributed by atoms with Crippen LogP contribution in [0.1, 0.15) is 17.0 Å². The predicted molar refractivity (Wildman–Crippen MR) is 102 cm³/mol. The first-order valence-electron chi connectivity index (χ1n) is 8.26. The lowest BCUT2D eigenvalue weighted by Crippen LogP contribution is -2.27. The molecule has 1 aromatic heterocycles. The number of halogens is 1. The second-order valence-corrected chi connectivity index (χ2v) is 6.00. The van der Waals surface area contributed by atoms with Gasteiger partial charge in [0.1, 0.15) is 11.5 Å². The van der Waals surface area contributed by atoms with E-state index in [0.29, 0.717) is 22.2 Å². The fraction of sp³-hybridized carbons (Fsp3) is 0.100. The van der Waals surface area contributed by atoms with Crippen molar-refractivity contribution in [3.8, 4) is 11.5 Å². The number of amides is 2. The van der Waals surface area contributed by atoms with E-state index < -0.39 is 0 Å². The van der Waals surface area contributed by atoms with Crippen molar-refractivity contribution in [2.24, 2.45) is 0 Å². The highest BCUT2D eigenvalue weighted by Crippen LogP contribution is 2.29. The molecule has 3 aromatic rings. The van der Waals surface area contributed by atoms with Gasteiger partial charge < -0.3 is 19.8 Å². The average molecular weight is 385 g/mol. The Morgan fingerprint density at radius 2 is 1.78 bits per heavy atom. The molecule has 138 valence electrons. The molecule has 0 aliphatic heterocycles. The Hall–Kier alpha value is -3.25. The second-order valence-electron chi connectivity index (χ2n) is 5.59. The van der Waals surface area contributed by atoms with Gasteiger partial charge in [-0.05, 0) is 48.5 Å². The van der Waals surface area contributed by atoms with Crippen molar-refractivity contribution < 1.29 is 18.7 Å². The molecule has 0 aliphatic carbocycles. The summed E-state index contributed by atoms with van der Waals surface area (Å²) in [7, 11) is 0. The molecule has 0 saturated heterocycles. The van der Waals surface area contributed by atoms with Crippen molar-refractivity contribution in [3.63, 3.8) is 0 Å². The van der Waals surface area contributed by atoms with Crippen molar-refractivity contribution in [3.05, 3.63) is 77.7 Å². The van der Waals surface area contributed by atoms with Crippen LogP contribution in [0.2, 0.25) is 5.02 Å². The van der Waals surface area contributed by atoms with E-state index in [1.165, 1.54) is 6.26 Å². The van der Waals surface area contributed by atoms with E-state index in [4.69, 9.17) is 20.8 Å². The van der Waals surface area contributed by atoms with Crippen molar-refractivity contribution in [2.75, 3.05) is 11.9 Å². The number of carbonyl (C=O) groups is 2. The van der Waals surface area contributed by atoms with E-state index >= 15 is 0 Å². The standard InChI is InChI=1S/C20H17ClN2O4/c21-16-4-1-2-5-17(16)27-15-9-7-14(8-10-15)23-19(24)11-12-22-20(25)18-6-3-13-26-18/h1-10,13H,11-12H2,(H,22,25)(H,23,24). The van der Waals surface area contributed by atoms with Gasteiger partial charge in [0, 0.05) is 18.7 Å². The predicted octanol–water partition coefficient (Wildman–Crippen LogP) is 4.48. The molecule has 3 rings (SSSR count). The van der Waals surface area contributed by atoms with Crippen LogP contribution < -0.4 is 15.4 Å². The molecular weight excluding hydrogens is 368 g/mol. The minimum atomic E-state index is -0.353. The first-order valence-corrected chi connectivity index (χ1v) is 8.63. The fourth-order valence-electron chi connectivity index (χ4n) is 2.27. The van der Waals surface area contributed by atoms with Gasteiger partial charge >= 0.3 is 0 Å². The number of para-hydroxylation sites is 1. The molecule has 27 heavy (non-hydrogen) atoms. The number of ether oxygens (including phenoxy) is 1. The Bertz CT molecular complexity index is 908. The third kappa shape index (κ3) is 5.36. The molecule has 0 radical (unpaired) electrons. The SMILES string of the molecule is O=C(CCNC(=O)c1ccco1)Nc1ccc(Oc2ccccc2Cl)cc1. The van der Waals surface area contributed by atoms with Gasteiger partial charge in [0.25, 0.3) is 5.91 Å². The number of carbonyl (C=O) groups excluding carboxylic acids is 2. The Balaban J connectivity index is 1.45. The van der Waals surface area contributed by atoms with Gasteiger partial charge in [0.2, 0.25) is 5.91 Å². The van der Waals surface area contributed by atoms with Crippen LogP contribution >= 0.6 is 11.6 Å². The summed E-state index contributed by atoms with van der Waals surface area (Å²) < 4.78 is 10.7. The molecule has 1 heterocycles. The largest absolute Gasteiger partial charge is 0.459 e. The summed E-state index contributed by atoms with van der Waals surface area (Å²) in [5.74, 6) is 0.808. The number of anilines is 1. The maximum absolute atomic E-state index is 12.0. The third-order valence-electron chi connectivity index (χ3n) is 3.59. The summed E-state index contributed by atoms with van der Waals surface area (Å²) in [6.07, 6.45) is 1.56. The topological polar surface area (TPSA) is 80.6 Å². The van der Waals surface area contributed by atoms with Crippen LogP contribution in [0.4, 0.5) is 5.69 Å². The maximum atomic E-state index is 12.0. The van der Waals surface area contributed by atoms with E-state index in [9.17, 15) is 9.59 Å². The van der Waals surface area contributed by atoms with Crippen molar-refractivity contribution in [1.29, 1.82) is 0 Å². The highest BCUT2D eigenvalue weighted by Gasteiger charge is 2.09. The quantitative estimate of drug-likeness (QED) is 0.629. The second kappa shape index (κ2) is 8.91. The Morgan fingerprint density at radius 1 is 1.00 bits per heavy atom. The Kier molecular flexibility index (Phi) is 6.12. The number of nitrogens with one attached hydrogen (secondary N) is 2. The summed E-state index contributed by atoms with van der Waals surface area (Å²) in [6, 6.07) is 17.3. The summed E-state index contributed by atoms with van der Waals surface area (Å²) in [6.45, 7) is 0.207. The van der Waals surface area contributed by atoms with E-state index in [-0.39, 0.29) is 30.5 Å². The zero-order valence-electron chi connectivity index (χ0n) is 14.3. The number of hydrogen-bond donors (Lipinski definition) is 2. The van der Waals surface area contributed by atoms with E-state index in [1.54, 1.807) is 48.5 Å². The molecule has 0 bridgehead atoms. The highest BCUT2D eigenvalue weighted by atomic mass is 35.5. The monoisotopic (exact) mass is 384 g/mol. The summed E-state index contributed by atoms with van der Waals surface area (Å²) >= 11 is 6.06. The molecule has 0 unspecified atom stereocenters.